The maximum Gasteiger partial charge on any atom is 0.279 e. The number of primary sulfonamides is 1. The van der Waals surface area contributed by atoms with Gasteiger partial charge in [-0.25, -0.2) is 18.6 Å². The SMILES string of the molecule is NC(=S)N(/N=C1\C(=O)N(Cc2cccc3ccccc23)c2cc(Cl)ccc21)c1ccccc1S(N)(=O)=O. The van der Waals surface area contributed by atoms with E-state index >= 15 is 0 Å². The van der Waals surface area contributed by atoms with E-state index in [1.807, 2.05) is 42.5 Å². The lowest BCUT2D eigenvalue weighted by atomic mass is 10.0. The van der Waals surface area contributed by atoms with E-state index < -0.39 is 15.9 Å². The Balaban J connectivity index is 1.64. The molecule has 0 fully saturated rings. The summed E-state index contributed by atoms with van der Waals surface area (Å²) in [5.41, 5.74) is 8.00. The number of sulfonamides is 1. The Bertz CT molecular complexity index is 1720. The van der Waals surface area contributed by atoms with E-state index in [4.69, 9.17) is 34.7 Å². The van der Waals surface area contributed by atoms with Crippen LogP contribution in [-0.4, -0.2) is 25.1 Å². The third-order valence-corrected chi connectivity index (χ3v) is 7.34. The average molecular weight is 550 g/mol. The Labute approximate surface area is 223 Å². The molecule has 4 N–H and O–H groups in total. The summed E-state index contributed by atoms with van der Waals surface area (Å²) in [5.74, 6) is -0.417. The largest absolute Gasteiger partial charge is 0.374 e. The average Bonchev–Trinajstić information content (AvgIpc) is 3.11. The molecule has 0 atom stereocenters. The summed E-state index contributed by atoms with van der Waals surface area (Å²) in [6.45, 7) is 0.257. The lowest BCUT2D eigenvalue weighted by Gasteiger charge is -2.20. The molecule has 11 heteroatoms. The van der Waals surface area contributed by atoms with Crippen molar-refractivity contribution in [2.75, 3.05) is 9.91 Å². The maximum absolute atomic E-state index is 13.8. The van der Waals surface area contributed by atoms with Gasteiger partial charge in [0.15, 0.2) is 10.8 Å². The number of carbonyl (C=O) groups is 1. The van der Waals surface area contributed by atoms with Gasteiger partial charge in [-0.3, -0.25) is 4.79 Å². The first-order valence-corrected chi connectivity index (χ1v) is 13.4. The lowest BCUT2D eigenvalue weighted by molar-refractivity contribution is -0.112. The summed E-state index contributed by atoms with van der Waals surface area (Å²) in [6.07, 6.45) is 0. The number of thiocarbonyl (C=S) groups is 1. The predicted octanol–water partition coefficient (Wildman–Crippen LogP) is 4.14. The van der Waals surface area contributed by atoms with E-state index in [0.29, 0.717) is 16.3 Å². The molecule has 0 saturated carbocycles. The molecule has 0 bridgehead atoms. The van der Waals surface area contributed by atoms with Crippen LogP contribution in [0.15, 0.2) is 94.9 Å². The predicted molar refractivity (Wildman–Crippen MR) is 150 cm³/mol. The molecule has 0 aliphatic carbocycles. The van der Waals surface area contributed by atoms with Crippen molar-refractivity contribution < 1.29 is 13.2 Å². The van der Waals surface area contributed by atoms with Crippen molar-refractivity contribution in [1.82, 2.24) is 0 Å². The van der Waals surface area contributed by atoms with Crippen molar-refractivity contribution >= 4 is 72.7 Å². The molecule has 1 aliphatic heterocycles. The Morgan fingerprint density at radius 2 is 1.70 bits per heavy atom. The Hall–Kier alpha value is -3.83. The van der Waals surface area contributed by atoms with Gasteiger partial charge in [-0.15, -0.1) is 0 Å². The van der Waals surface area contributed by atoms with Gasteiger partial charge in [0.1, 0.15) is 4.90 Å². The van der Waals surface area contributed by atoms with E-state index in [9.17, 15) is 13.2 Å². The van der Waals surface area contributed by atoms with Gasteiger partial charge in [-0.2, -0.15) is 5.10 Å². The van der Waals surface area contributed by atoms with Crippen LogP contribution in [0.25, 0.3) is 10.8 Å². The van der Waals surface area contributed by atoms with Gasteiger partial charge in [0.05, 0.1) is 17.9 Å². The molecule has 4 aromatic rings. The topological polar surface area (TPSA) is 122 Å². The molecule has 4 aromatic carbocycles. The molecule has 0 saturated heterocycles. The number of nitrogens with two attached hydrogens (primary N) is 2. The molecule has 1 aliphatic rings. The van der Waals surface area contributed by atoms with Crippen LogP contribution in [0.5, 0.6) is 0 Å². The summed E-state index contributed by atoms with van der Waals surface area (Å²) >= 11 is 11.5. The zero-order valence-electron chi connectivity index (χ0n) is 19.2. The first kappa shape index (κ1) is 24.8. The highest BCUT2D eigenvalue weighted by molar-refractivity contribution is 7.89. The minimum atomic E-state index is -4.14. The molecule has 186 valence electrons. The number of hydrogen-bond acceptors (Lipinski definition) is 5. The number of anilines is 2. The first-order chi connectivity index (χ1) is 17.6. The summed E-state index contributed by atoms with van der Waals surface area (Å²) in [7, 11) is -4.14. The molecule has 0 unspecified atom stereocenters. The molecule has 0 spiro atoms. The van der Waals surface area contributed by atoms with Crippen molar-refractivity contribution in [3.63, 3.8) is 0 Å². The minimum Gasteiger partial charge on any atom is -0.374 e. The van der Waals surface area contributed by atoms with E-state index in [0.717, 1.165) is 21.3 Å². The standard InChI is InChI=1S/C26H20ClN5O3S2/c27-18-12-13-20-22(14-18)31(15-17-8-5-7-16-6-1-2-9-19(16)17)25(33)24(20)30-32(26(28)36)21-10-3-4-11-23(21)37(29,34)35/h1-14H,15H2,(H2,28,36)(H2,29,34,35)/b30-24-. The smallest absolute Gasteiger partial charge is 0.279 e. The fourth-order valence-electron chi connectivity index (χ4n) is 4.33. The highest BCUT2D eigenvalue weighted by Crippen LogP contribution is 2.35. The van der Waals surface area contributed by atoms with Crippen LogP contribution in [0.2, 0.25) is 5.02 Å². The maximum atomic E-state index is 13.8. The number of rotatable bonds is 5. The van der Waals surface area contributed by atoms with Crippen molar-refractivity contribution in [2.45, 2.75) is 11.4 Å². The van der Waals surface area contributed by atoms with Gasteiger partial charge in [-0.1, -0.05) is 66.2 Å². The highest BCUT2D eigenvalue weighted by Gasteiger charge is 2.36. The number of para-hydroxylation sites is 1. The number of amides is 1. The zero-order chi connectivity index (χ0) is 26.3. The highest BCUT2D eigenvalue weighted by atomic mass is 35.5. The van der Waals surface area contributed by atoms with Gasteiger partial charge in [0.25, 0.3) is 5.91 Å². The van der Waals surface area contributed by atoms with Crippen LogP contribution in [0, 0.1) is 0 Å². The third-order valence-electron chi connectivity index (χ3n) is 5.97. The molecule has 8 nitrogen and oxygen atoms in total. The molecule has 1 amide bonds. The van der Waals surface area contributed by atoms with Gasteiger partial charge in [0.2, 0.25) is 10.0 Å². The number of hydrogen-bond donors (Lipinski definition) is 2. The molecular formula is C26H20ClN5O3S2. The summed E-state index contributed by atoms with van der Waals surface area (Å²) in [4.78, 5) is 15.1. The fraction of sp³-hybridized carbons (Fsp3) is 0.0385. The van der Waals surface area contributed by atoms with Crippen LogP contribution in [0.3, 0.4) is 0 Å². The van der Waals surface area contributed by atoms with Gasteiger partial charge >= 0.3 is 0 Å². The summed E-state index contributed by atoms with van der Waals surface area (Å²) in [5, 5.41) is 13.1. The van der Waals surface area contributed by atoms with E-state index in [-0.39, 0.29) is 28.0 Å². The van der Waals surface area contributed by atoms with Crippen LogP contribution >= 0.6 is 23.8 Å². The van der Waals surface area contributed by atoms with E-state index in [2.05, 4.69) is 5.10 Å². The Morgan fingerprint density at radius 1 is 1.00 bits per heavy atom. The van der Waals surface area contributed by atoms with Crippen LogP contribution < -0.4 is 20.8 Å². The molecule has 1 heterocycles. The minimum absolute atomic E-state index is 0.0285. The first-order valence-electron chi connectivity index (χ1n) is 11.0. The second-order valence-corrected chi connectivity index (χ2v) is 10.7. The molecule has 0 radical (unpaired) electrons. The molecule has 37 heavy (non-hydrogen) atoms. The van der Waals surface area contributed by atoms with Gasteiger partial charge in [0, 0.05) is 10.6 Å². The number of nitrogens with zero attached hydrogens (tertiary/aromatic N) is 3. The molecule has 0 aromatic heterocycles. The third kappa shape index (κ3) is 4.67. The Kier molecular flexibility index (Phi) is 6.42. The lowest BCUT2D eigenvalue weighted by Crippen LogP contribution is -2.36. The zero-order valence-corrected chi connectivity index (χ0v) is 21.6. The van der Waals surface area contributed by atoms with Crippen LogP contribution in [0.1, 0.15) is 11.1 Å². The quantitative estimate of drug-likeness (QED) is 0.285. The van der Waals surface area contributed by atoms with Crippen molar-refractivity contribution in [2.24, 2.45) is 16.0 Å². The van der Waals surface area contributed by atoms with Crippen LogP contribution in [-0.2, 0) is 21.4 Å². The number of hydrazone groups is 1. The van der Waals surface area contributed by atoms with Crippen LogP contribution in [0.4, 0.5) is 11.4 Å². The number of carbonyl (C=O) groups excluding carboxylic acids is 1. The van der Waals surface area contributed by atoms with Crippen molar-refractivity contribution in [3.8, 4) is 0 Å². The van der Waals surface area contributed by atoms with E-state index in [1.54, 1.807) is 29.2 Å². The number of benzene rings is 4. The monoisotopic (exact) mass is 549 g/mol. The van der Waals surface area contributed by atoms with Crippen molar-refractivity contribution in [1.29, 1.82) is 0 Å². The summed E-state index contributed by atoms with van der Waals surface area (Å²) < 4.78 is 24.4. The number of fused-ring (bicyclic) bond motifs is 2. The van der Waals surface area contributed by atoms with Gasteiger partial charge in [-0.05, 0) is 58.9 Å². The second kappa shape index (κ2) is 9.56. The van der Waals surface area contributed by atoms with Gasteiger partial charge < -0.3 is 10.6 Å². The van der Waals surface area contributed by atoms with E-state index in [1.165, 1.54) is 18.2 Å². The fourth-order valence-corrected chi connectivity index (χ4v) is 5.35. The molecular weight excluding hydrogens is 530 g/mol. The van der Waals surface area contributed by atoms with Crippen molar-refractivity contribution in [3.05, 3.63) is 101 Å². The number of halogens is 1. The normalized spacial score (nSPS) is 14.3. The Morgan fingerprint density at radius 3 is 2.46 bits per heavy atom. The summed E-state index contributed by atoms with van der Waals surface area (Å²) in [6, 6.07) is 24.7. The molecule has 5 rings (SSSR count). The second-order valence-electron chi connectivity index (χ2n) is 8.30.